The highest BCUT2D eigenvalue weighted by Crippen LogP contribution is 2.21. The number of urea groups is 1. The summed E-state index contributed by atoms with van der Waals surface area (Å²) < 4.78 is 13.0. The summed E-state index contributed by atoms with van der Waals surface area (Å²) in [5.41, 5.74) is 0.968. The predicted molar refractivity (Wildman–Crippen MR) is 103 cm³/mol. The molecule has 1 atom stereocenters. The van der Waals surface area contributed by atoms with Gasteiger partial charge in [0.25, 0.3) is 0 Å². The van der Waals surface area contributed by atoms with Crippen molar-refractivity contribution in [2.75, 3.05) is 26.2 Å². The van der Waals surface area contributed by atoms with Crippen molar-refractivity contribution in [3.05, 3.63) is 35.6 Å². The molecule has 1 unspecified atom stereocenters. The Labute approximate surface area is 160 Å². The van der Waals surface area contributed by atoms with E-state index in [4.69, 9.17) is 0 Å². The second-order valence-electron chi connectivity index (χ2n) is 7.81. The highest BCUT2D eigenvalue weighted by atomic mass is 19.1. The average molecular weight is 375 g/mol. The van der Waals surface area contributed by atoms with Crippen molar-refractivity contribution < 1.29 is 14.0 Å². The molecule has 0 radical (unpaired) electrons. The second kappa shape index (κ2) is 9.20. The predicted octanol–water partition coefficient (Wildman–Crippen LogP) is 3.51. The van der Waals surface area contributed by atoms with Crippen LogP contribution in [0.25, 0.3) is 0 Å². The van der Waals surface area contributed by atoms with Crippen molar-refractivity contribution in [3.8, 4) is 0 Å². The van der Waals surface area contributed by atoms with E-state index in [-0.39, 0.29) is 23.7 Å². The van der Waals surface area contributed by atoms with Crippen LogP contribution in [0.1, 0.15) is 56.9 Å². The lowest BCUT2D eigenvalue weighted by Crippen LogP contribution is -2.54. The topological polar surface area (TPSA) is 52.7 Å². The van der Waals surface area contributed by atoms with E-state index >= 15 is 0 Å². The average Bonchev–Trinajstić information content (AvgIpc) is 2.69. The van der Waals surface area contributed by atoms with Gasteiger partial charge in [0.1, 0.15) is 5.82 Å². The van der Waals surface area contributed by atoms with Gasteiger partial charge in [0.15, 0.2) is 0 Å². The summed E-state index contributed by atoms with van der Waals surface area (Å²) in [5.74, 6) is -0.121. The highest BCUT2D eigenvalue weighted by Gasteiger charge is 2.26. The van der Waals surface area contributed by atoms with Gasteiger partial charge in [0, 0.05) is 38.6 Å². The van der Waals surface area contributed by atoms with Gasteiger partial charge in [0.05, 0.1) is 0 Å². The highest BCUT2D eigenvalue weighted by molar-refractivity contribution is 5.78. The summed E-state index contributed by atoms with van der Waals surface area (Å²) in [6.07, 6.45) is 6.21. The number of rotatable bonds is 4. The van der Waals surface area contributed by atoms with Gasteiger partial charge in [-0.2, -0.15) is 0 Å². The van der Waals surface area contributed by atoms with Gasteiger partial charge in [-0.15, -0.1) is 0 Å². The Hall–Kier alpha value is -2.11. The molecular weight excluding hydrogens is 345 g/mol. The van der Waals surface area contributed by atoms with Crippen molar-refractivity contribution in [1.82, 2.24) is 15.1 Å². The summed E-state index contributed by atoms with van der Waals surface area (Å²) in [7, 11) is 0. The molecule has 3 amide bonds. The van der Waals surface area contributed by atoms with Crippen molar-refractivity contribution in [1.29, 1.82) is 0 Å². The maximum absolute atomic E-state index is 13.0. The van der Waals surface area contributed by atoms with Gasteiger partial charge < -0.3 is 15.1 Å². The lowest BCUT2D eigenvalue weighted by Gasteiger charge is -2.36. The van der Waals surface area contributed by atoms with Crippen molar-refractivity contribution in [2.45, 2.75) is 57.4 Å². The molecule has 27 heavy (non-hydrogen) atoms. The molecule has 1 aliphatic heterocycles. The van der Waals surface area contributed by atoms with E-state index in [0.717, 1.165) is 18.4 Å². The minimum absolute atomic E-state index is 0.00804. The van der Waals surface area contributed by atoms with Crippen molar-refractivity contribution >= 4 is 11.9 Å². The summed E-state index contributed by atoms with van der Waals surface area (Å²) >= 11 is 0. The number of halogens is 1. The molecule has 2 aliphatic rings. The van der Waals surface area contributed by atoms with Crippen LogP contribution in [0.3, 0.4) is 0 Å². The normalized spacial score (nSPS) is 19.6. The molecule has 1 saturated carbocycles. The molecule has 0 bridgehead atoms. The SMILES string of the molecule is CC(CC(=O)N1CCN(C(=O)NC2CCCCC2)CC1)c1ccc(F)cc1. The van der Waals surface area contributed by atoms with Crippen LogP contribution in [0.15, 0.2) is 24.3 Å². The van der Waals surface area contributed by atoms with Crippen molar-refractivity contribution in [3.63, 3.8) is 0 Å². The fourth-order valence-corrected chi connectivity index (χ4v) is 3.97. The lowest BCUT2D eigenvalue weighted by molar-refractivity contribution is -0.132. The number of hydrogen-bond acceptors (Lipinski definition) is 2. The first-order valence-corrected chi connectivity index (χ1v) is 10.1. The first kappa shape index (κ1) is 19.6. The van der Waals surface area contributed by atoms with Crippen LogP contribution in [0.5, 0.6) is 0 Å². The Morgan fingerprint density at radius 3 is 2.26 bits per heavy atom. The third-order valence-corrected chi connectivity index (χ3v) is 5.77. The van der Waals surface area contributed by atoms with Gasteiger partial charge in [-0.05, 0) is 36.5 Å². The third-order valence-electron chi connectivity index (χ3n) is 5.77. The zero-order valence-electron chi connectivity index (χ0n) is 16.1. The van der Waals surface area contributed by atoms with Gasteiger partial charge in [-0.1, -0.05) is 38.3 Å². The molecule has 0 aromatic heterocycles. The first-order valence-electron chi connectivity index (χ1n) is 10.1. The van der Waals surface area contributed by atoms with E-state index in [1.165, 1.54) is 31.4 Å². The number of benzene rings is 1. The number of nitrogens with one attached hydrogen (secondary N) is 1. The Kier molecular flexibility index (Phi) is 6.69. The number of carbonyl (C=O) groups excluding carboxylic acids is 2. The molecule has 0 spiro atoms. The van der Waals surface area contributed by atoms with E-state index in [9.17, 15) is 14.0 Å². The molecule has 1 aromatic rings. The largest absolute Gasteiger partial charge is 0.339 e. The number of piperazine rings is 1. The number of amides is 3. The van der Waals surface area contributed by atoms with Crippen LogP contribution in [0.4, 0.5) is 9.18 Å². The van der Waals surface area contributed by atoms with Crippen LogP contribution in [0, 0.1) is 5.82 Å². The number of carbonyl (C=O) groups is 2. The molecule has 6 heteroatoms. The molecule has 1 aromatic carbocycles. The minimum Gasteiger partial charge on any atom is -0.339 e. The Morgan fingerprint density at radius 1 is 1.04 bits per heavy atom. The molecule has 5 nitrogen and oxygen atoms in total. The van der Waals surface area contributed by atoms with Crippen LogP contribution >= 0.6 is 0 Å². The first-order chi connectivity index (χ1) is 13.0. The summed E-state index contributed by atoms with van der Waals surface area (Å²) in [6, 6.07) is 6.65. The lowest BCUT2D eigenvalue weighted by atomic mass is 9.96. The molecule has 1 heterocycles. The molecule has 1 saturated heterocycles. The molecule has 1 aliphatic carbocycles. The molecule has 148 valence electrons. The van der Waals surface area contributed by atoms with Crippen LogP contribution in [-0.2, 0) is 4.79 Å². The van der Waals surface area contributed by atoms with Crippen LogP contribution in [0.2, 0.25) is 0 Å². The van der Waals surface area contributed by atoms with E-state index in [2.05, 4.69) is 5.32 Å². The monoisotopic (exact) mass is 375 g/mol. The molecule has 1 N–H and O–H groups in total. The standard InChI is InChI=1S/C21H30FN3O2/c1-16(17-7-9-18(22)10-8-17)15-20(26)24-11-13-25(14-12-24)21(27)23-19-5-3-2-4-6-19/h7-10,16,19H,2-6,11-15H2,1H3,(H,23,27). The van der Waals surface area contributed by atoms with Gasteiger partial charge in [-0.25, -0.2) is 9.18 Å². The zero-order chi connectivity index (χ0) is 19.2. The summed E-state index contributed by atoms with van der Waals surface area (Å²) in [4.78, 5) is 28.6. The Bertz CT molecular complexity index is 635. The van der Waals surface area contributed by atoms with Gasteiger partial charge >= 0.3 is 6.03 Å². The summed E-state index contributed by atoms with van der Waals surface area (Å²) in [6.45, 7) is 4.30. The van der Waals surface area contributed by atoms with E-state index in [1.807, 2.05) is 16.7 Å². The van der Waals surface area contributed by atoms with E-state index in [0.29, 0.717) is 38.6 Å². The van der Waals surface area contributed by atoms with Crippen LogP contribution in [-0.4, -0.2) is 54.0 Å². The minimum atomic E-state index is -0.264. The maximum atomic E-state index is 13.0. The quantitative estimate of drug-likeness (QED) is 0.876. The Morgan fingerprint density at radius 2 is 1.63 bits per heavy atom. The molecular formula is C21H30FN3O2. The maximum Gasteiger partial charge on any atom is 0.317 e. The zero-order valence-corrected chi connectivity index (χ0v) is 16.1. The number of hydrogen-bond donors (Lipinski definition) is 1. The second-order valence-corrected chi connectivity index (χ2v) is 7.81. The van der Waals surface area contributed by atoms with Crippen molar-refractivity contribution in [2.24, 2.45) is 0 Å². The molecule has 3 rings (SSSR count). The van der Waals surface area contributed by atoms with Gasteiger partial charge in [-0.3, -0.25) is 4.79 Å². The van der Waals surface area contributed by atoms with Gasteiger partial charge in [0.2, 0.25) is 5.91 Å². The van der Waals surface area contributed by atoms with E-state index in [1.54, 1.807) is 12.1 Å². The van der Waals surface area contributed by atoms with E-state index < -0.39 is 0 Å². The molecule has 2 fully saturated rings. The number of nitrogens with zero attached hydrogens (tertiary/aromatic N) is 2. The smallest absolute Gasteiger partial charge is 0.317 e. The summed E-state index contributed by atoms with van der Waals surface area (Å²) in [5, 5.41) is 3.14. The third kappa shape index (κ3) is 5.44. The fourth-order valence-electron chi connectivity index (χ4n) is 3.97. The van der Waals surface area contributed by atoms with Crippen LogP contribution < -0.4 is 5.32 Å². The Balaban J connectivity index is 1.43. The fraction of sp³-hybridized carbons (Fsp3) is 0.619.